The van der Waals surface area contributed by atoms with Gasteiger partial charge in [0.05, 0.1) is 10.6 Å². The summed E-state index contributed by atoms with van der Waals surface area (Å²) in [5.74, 6) is -0.0963. The van der Waals surface area contributed by atoms with Crippen molar-refractivity contribution >= 4 is 33.2 Å². The summed E-state index contributed by atoms with van der Waals surface area (Å²) in [5.41, 5.74) is 5.57. The molecule has 1 heterocycles. The number of rotatable bonds is 6. The van der Waals surface area contributed by atoms with Crippen LogP contribution in [0.15, 0.2) is 58.1 Å². The second kappa shape index (κ2) is 9.76. The van der Waals surface area contributed by atoms with Crippen molar-refractivity contribution in [3.63, 3.8) is 0 Å². The van der Waals surface area contributed by atoms with Crippen LogP contribution in [0.4, 0.5) is 5.69 Å². The number of hydrazone groups is 1. The Labute approximate surface area is 178 Å². The van der Waals surface area contributed by atoms with E-state index < -0.39 is 4.92 Å². The molecule has 0 saturated carbocycles. The van der Waals surface area contributed by atoms with E-state index in [2.05, 4.69) is 31.4 Å². The van der Waals surface area contributed by atoms with Crippen molar-refractivity contribution < 1.29 is 9.72 Å². The van der Waals surface area contributed by atoms with Gasteiger partial charge in [-0.15, -0.1) is 0 Å². The van der Waals surface area contributed by atoms with Gasteiger partial charge in [-0.2, -0.15) is 5.10 Å². The largest absolute Gasteiger partial charge is 0.299 e. The number of non-ortho nitro benzene ring substituents is 1. The summed E-state index contributed by atoms with van der Waals surface area (Å²) in [5, 5.41) is 15.0. The van der Waals surface area contributed by atoms with E-state index in [1.54, 1.807) is 12.1 Å². The van der Waals surface area contributed by atoms with Gasteiger partial charge in [0.2, 0.25) is 5.91 Å². The highest BCUT2D eigenvalue weighted by Crippen LogP contribution is 2.20. The van der Waals surface area contributed by atoms with Crippen LogP contribution in [0.3, 0.4) is 0 Å². The Bertz CT molecular complexity index is 889. The Kier molecular flexibility index (Phi) is 7.11. The fourth-order valence-electron chi connectivity index (χ4n) is 3.32. The van der Waals surface area contributed by atoms with Gasteiger partial charge in [0.25, 0.3) is 5.69 Å². The number of halogens is 1. The fraction of sp³-hybridized carbons (Fsp3) is 0.333. The molecule has 0 bridgehead atoms. The molecule has 0 atom stereocenters. The monoisotopic (exact) mass is 458 g/mol. The number of benzene rings is 2. The Balaban J connectivity index is 1.47. The molecule has 8 heteroatoms. The average Bonchev–Trinajstić information content (AvgIpc) is 2.73. The second-order valence-electron chi connectivity index (χ2n) is 7.15. The van der Waals surface area contributed by atoms with Gasteiger partial charge in [-0.3, -0.25) is 19.8 Å². The maximum absolute atomic E-state index is 12.4. The molecule has 0 aliphatic carbocycles. The first kappa shape index (κ1) is 21.1. The first-order valence-electron chi connectivity index (χ1n) is 9.48. The Morgan fingerprint density at radius 1 is 1.17 bits per heavy atom. The first-order chi connectivity index (χ1) is 13.9. The number of nitro groups is 1. The molecule has 2 aromatic carbocycles. The van der Waals surface area contributed by atoms with E-state index in [4.69, 9.17) is 0 Å². The SMILES string of the molecule is C/C(=N/NC(=O)C1CCN(Cc2ccc([N+](=O)[O-])cc2)CC1)c1ccc(Br)cc1. The van der Waals surface area contributed by atoms with Crippen LogP contribution in [0, 0.1) is 16.0 Å². The van der Waals surface area contributed by atoms with Gasteiger partial charge in [0.15, 0.2) is 0 Å². The van der Waals surface area contributed by atoms with E-state index in [0.29, 0.717) is 0 Å². The minimum absolute atomic E-state index is 0.0450. The van der Waals surface area contributed by atoms with E-state index in [1.165, 1.54) is 12.1 Å². The summed E-state index contributed by atoms with van der Waals surface area (Å²) >= 11 is 3.40. The second-order valence-corrected chi connectivity index (χ2v) is 8.07. The van der Waals surface area contributed by atoms with Crippen molar-refractivity contribution in [1.29, 1.82) is 0 Å². The van der Waals surface area contributed by atoms with Crippen LogP contribution >= 0.6 is 15.9 Å². The third-order valence-electron chi connectivity index (χ3n) is 5.11. The van der Waals surface area contributed by atoms with Gasteiger partial charge in [-0.25, -0.2) is 5.43 Å². The van der Waals surface area contributed by atoms with Crippen LogP contribution in [0.5, 0.6) is 0 Å². The van der Waals surface area contributed by atoms with Crippen LogP contribution < -0.4 is 5.43 Å². The summed E-state index contributed by atoms with van der Waals surface area (Å²) in [6.45, 7) is 4.22. The molecular weight excluding hydrogens is 436 g/mol. The van der Waals surface area contributed by atoms with Crippen LogP contribution in [0.2, 0.25) is 0 Å². The molecule has 1 amide bonds. The topological polar surface area (TPSA) is 87.8 Å². The highest BCUT2D eigenvalue weighted by molar-refractivity contribution is 9.10. The molecule has 7 nitrogen and oxygen atoms in total. The van der Waals surface area contributed by atoms with Crippen molar-refractivity contribution in [2.75, 3.05) is 13.1 Å². The number of carbonyl (C=O) groups excluding carboxylic acids is 1. The maximum Gasteiger partial charge on any atom is 0.269 e. The van der Waals surface area contributed by atoms with E-state index in [9.17, 15) is 14.9 Å². The molecule has 1 aliphatic heterocycles. The molecule has 0 spiro atoms. The maximum atomic E-state index is 12.4. The van der Waals surface area contributed by atoms with Gasteiger partial charge in [-0.1, -0.05) is 40.2 Å². The number of carbonyl (C=O) groups is 1. The van der Waals surface area contributed by atoms with Gasteiger partial charge >= 0.3 is 0 Å². The minimum atomic E-state index is -0.394. The molecule has 0 aromatic heterocycles. The highest BCUT2D eigenvalue weighted by Gasteiger charge is 2.25. The molecular formula is C21H23BrN4O3. The molecule has 0 radical (unpaired) electrons. The lowest BCUT2D eigenvalue weighted by atomic mass is 9.96. The lowest BCUT2D eigenvalue weighted by Gasteiger charge is -2.30. The van der Waals surface area contributed by atoms with Crippen molar-refractivity contribution in [1.82, 2.24) is 10.3 Å². The summed E-state index contributed by atoms with van der Waals surface area (Å²) in [6.07, 6.45) is 1.54. The van der Waals surface area contributed by atoms with E-state index in [-0.39, 0.29) is 17.5 Å². The molecule has 0 unspecified atom stereocenters. The zero-order valence-corrected chi connectivity index (χ0v) is 17.8. The predicted molar refractivity (Wildman–Crippen MR) is 116 cm³/mol. The number of nitro benzene ring substituents is 1. The number of nitrogens with one attached hydrogen (secondary N) is 1. The summed E-state index contributed by atoms with van der Waals surface area (Å²) in [7, 11) is 0. The summed E-state index contributed by atoms with van der Waals surface area (Å²) in [4.78, 5) is 25.1. The van der Waals surface area contributed by atoms with E-state index in [1.807, 2.05) is 31.2 Å². The first-order valence-corrected chi connectivity index (χ1v) is 10.3. The fourth-order valence-corrected chi connectivity index (χ4v) is 3.58. The van der Waals surface area contributed by atoms with Crippen molar-refractivity contribution in [3.8, 4) is 0 Å². The number of piperidine rings is 1. The number of amides is 1. The van der Waals surface area contributed by atoms with E-state index in [0.717, 1.165) is 53.8 Å². The quantitative estimate of drug-likeness (QED) is 0.400. The third-order valence-corrected chi connectivity index (χ3v) is 5.64. The molecule has 1 fully saturated rings. The lowest BCUT2D eigenvalue weighted by Crippen LogP contribution is -2.39. The zero-order chi connectivity index (χ0) is 20.8. The van der Waals surface area contributed by atoms with Crippen LogP contribution in [0.25, 0.3) is 0 Å². The number of nitrogens with zero attached hydrogens (tertiary/aromatic N) is 3. The molecule has 29 heavy (non-hydrogen) atoms. The predicted octanol–water partition coefficient (Wildman–Crippen LogP) is 4.11. The normalized spacial score (nSPS) is 15.9. The zero-order valence-electron chi connectivity index (χ0n) is 16.2. The van der Waals surface area contributed by atoms with Crippen molar-refractivity contribution in [2.24, 2.45) is 11.0 Å². The summed E-state index contributed by atoms with van der Waals surface area (Å²) < 4.78 is 0.999. The van der Waals surface area contributed by atoms with Crippen LogP contribution in [-0.4, -0.2) is 34.5 Å². The van der Waals surface area contributed by atoms with Crippen LogP contribution in [-0.2, 0) is 11.3 Å². The number of likely N-dealkylation sites (tertiary alicyclic amines) is 1. The van der Waals surface area contributed by atoms with E-state index >= 15 is 0 Å². The Morgan fingerprint density at radius 3 is 2.38 bits per heavy atom. The van der Waals surface area contributed by atoms with Gasteiger partial charge < -0.3 is 0 Å². The number of hydrogen-bond donors (Lipinski definition) is 1. The molecule has 1 aliphatic rings. The molecule has 1 saturated heterocycles. The third kappa shape index (κ3) is 5.95. The van der Waals surface area contributed by atoms with Crippen LogP contribution in [0.1, 0.15) is 30.9 Å². The van der Waals surface area contributed by atoms with Crippen molar-refractivity contribution in [3.05, 3.63) is 74.2 Å². The van der Waals surface area contributed by atoms with Crippen molar-refractivity contribution in [2.45, 2.75) is 26.3 Å². The van der Waals surface area contributed by atoms with Gasteiger partial charge in [-0.05, 0) is 56.1 Å². The average molecular weight is 459 g/mol. The van der Waals surface area contributed by atoms with Gasteiger partial charge in [0.1, 0.15) is 0 Å². The molecule has 1 N–H and O–H groups in total. The Hall–Kier alpha value is -2.58. The highest BCUT2D eigenvalue weighted by atomic mass is 79.9. The standard InChI is InChI=1S/C21H23BrN4O3/c1-15(17-4-6-19(22)7-5-17)23-24-21(27)18-10-12-25(13-11-18)14-16-2-8-20(9-3-16)26(28)29/h2-9,18H,10-14H2,1H3,(H,24,27)/b23-15-. The minimum Gasteiger partial charge on any atom is -0.299 e. The smallest absolute Gasteiger partial charge is 0.269 e. The molecule has 152 valence electrons. The molecule has 3 rings (SSSR count). The number of hydrogen-bond acceptors (Lipinski definition) is 5. The Morgan fingerprint density at radius 2 is 1.79 bits per heavy atom. The molecule has 2 aromatic rings. The van der Waals surface area contributed by atoms with Gasteiger partial charge in [0, 0.05) is 29.1 Å². The summed E-state index contributed by atoms with van der Waals surface area (Å²) in [6, 6.07) is 14.4. The lowest BCUT2D eigenvalue weighted by molar-refractivity contribution is -0.384.